The van der Waals surface area contributed by atoms with E-state index < -0.39 is 0 Å². The van der Waals surface area contributed by atoms with Gasteiger partial charge in [0.25, 0.3) is 0 Å². The first-order valence-corrected chi connectivity index (χ1v) is 9.48. The molecule has 1 aliphatic heterocycles. The third-order valence-corrected chi connectivity index (χ3v) is 7.75. The Kier molecular flexibility index (Phi) is 3.81. The van der Waals surface area contributed by atoms with E-state index in [2.05, 4.69) is 49.1 Å². The van der Waals surface area contributed by atoms with Gasteiger partial charge in [0.2, 0.25) is 0 Å². The Hall–Kier alpha value is -0.860. The number of fused-ring (bicyclic) bond motifs is 2. The first-order valence-electron chi connectivity index (χ1n) is 9.48. The number of rotatable bonds is 3. The van der Waals surface area contributed by atoms with E-state index in [-0.39, 0.29) is 11.5 Å². The second-order valence-electron chi connectivity index (χ2n) is 8.83. The summed E-state index contributed by atoms with van der Waals surface area (Å²) in [5.74, 6) is 1.46. The zero-order valence-corrected chi connectivity index (χ0v) is 14.7. The molecule has 3 aliphatic rings. The zero-order valence-electron chi connectivity index (χ0n) is 14.7. The molecule has 2 nitrogen and oxygen atoms in total. The van der Waals surface area contributed by atoms with Crippen LogP contribution in [0.15, 0.2) is 30.3 Å². The SMILES string of the molecule is CC1(C)[C@H]2CC[C@]1(CN1CCC(c3ccccc3)CC1)[C@@H](O)C2. The molecule has 0 amide bonds. The fraction of sp³-hybridized carbons (Fsp3) is 0.714. The van der Waals surface area contributed by atoms with E-state index in [1.807, 2.05) is 0 Å². The van der Waals surface area contributed by atoms with Crippen LogP contribution in [0.4, 0.5) is 0 Å². The third kappa shape index (κ3) is 2.37. The number of nitrogens with zero attached hydrogens (tertiary/aromatic N) is 1. The number of likely N-dealkylation sites (tertiary alicyclic amines) is 1. The van der Waals surface area contributed by atoms with Gasteiger partial charge in [-0.15, -0.1) is 0 Å². The van der Waals surface area contributed by atoms with Gasteiger partial charge >= 0.3 is 0 Å². The van der Waals surface area contributed by atoms with Crippen molar-refractivity contribution in [1.29, 1.82) is 0 Å². The van der Waals surface area contributed by atoms with Crippen molar-refractivity contribution in [2.24, 2.45) is 16.7 Å². The summed E-state index contributed by atoms with van der Waals surface area (Å²) in [4.78, 5) is 2.65. The molecule has 2 saturated carbocycles. The summed E-state index contributed by atoms with van der Waals surface area (Å²) in [5.41, 5.74) is 1.97. The van der Waals surface area contributed by atoms with Crippen LogP contribution in [-0.2, 0) is 0 Å². The molecule has 1 aromatic rings. The largest absolute Gasteiger partial charge is 0.392 e. The molecule has 0 spiro atoms. The van der Waals surface area contributed by atoms with Crippen LogP contribution < -0.4 is 0 Å². The van der Waals surface area contributed by atoms with Gasteiger partial charge in [0, 0.05) is 12.0 Å². The lowest BCUT2D eigenvalue weighted by Gasteiger charge is -2.45. The summed E-state index contributed by atoms with van der Waals surface area (Å²) in [5, 5.41) is 10.7. The van der Waals surface area contributed by atoms with Gasteiger partial charge in [-0.3, -0.25) is 0 Å². The molecule has 23 heavy (non-hydrogen) atoms. The van der Waals surface area contributed by atoms with E-state index >= 15 is 0 Å². The number of hydrogen-bond donors (Lipinski definition) is 1. The first-order chi connectivity index (χ1) is 11.0. The Morgan fingerprint density at radius 1 is 1.09 bits per heavy atom. The predicted octanol–water partition coefficient (Wildman–Crippen LogP) is 4.05. The van der Waals surface area contributed by atoms with Crippen molar-refractivity contribution in [2.75, 3.05) is 19.6 Å². The third-order valence-electron chi connectivity index (χ3n) is 7.75. The highest BCUT2D eigenvalue weighted by Gasteiger charge is 2.63. The summed E-state index contributed by atoms with van der Waals surface area (Å²) in [6, 6.07) is 11.0. The molecule has 0 radical (unpaired) electrons. The zero-order chi connectivity index (χ0) is 16.1. The quantitative estimate of drug-likeness (QED) is 0.910. The topological polar surface area (TPSA) is 23.5 Å². The molecule has 3 fully saturated rings. The minimum Gasteiger partial charge on any atom is -0.392 e. The van der Waals surface area contributed by atoms with Crippen LogP contribution >= 0.6 is 0 Å². The van der Waals surface area contributed by atoms with Crippen LogP contribution in [0.3, 0.4) is 0 Å². The maximum Gasteiger partial charge on any atom is 0.0616 e. The highest BCUT2D eigenvalue weighted by molar-refractivity contribution is 5.20. The fourth-order valence-electron chi connectivity index (χ4n) is 5.96. The lowest BCUT2D eigenvalue weighted by molar-refractivity contribution is -0.0343. The van der Waals surface area contributed by atoms with Gasteiger partial charge in [-0.25, -0.2) is 0 Å². The highest BCUT2D eigenvalue weighted by Crippen LogP contribution is 2.65. The van der Waals surface area contributed by atoms with Crippen LogP contribution in [0, 0.1) is 16.7 Å². The lowest BCUT2D eigenvalue weighted by atomic mass is 9.67. The van der Waals surface area contributed by atoms with E-state index in [4.69, 9.17) is 0 Å². The molecule has 0 unspecified atom stereocenters. The lowest BCUT2D eigenvalue weighted by Crippen LogP contribution is -2.49. The van der Waals surface area contributed by atoms with Crippen molar-refractivity contribution in [3.63, 3.8) is 0 Å². The molecule has 3 atom stereocenters. The van der Waals surface area contributed by atoms with Crippen molar-refractivity contribution >= 4 is 0 Å². The van der Waals surface area contributed by atoms with Gasteiger partial charge in [-0.2, -0.15) is 0 Å². The van der Waals surface area contributed by atoms with Crippen molar-refractivity contribution < 1.29 is 5.11 Å². The molecular weight excluding hydrogens is 282 g/mol. The molecule has 1 heterocycles. The van der Waals surface area contributed by atoms with Crippen molar-refractivity contribution in [2.45, 2.75) is 58.0 Å². The van der Waals surface area contributed by atoms with E-state index in [1.54, 1.807) is 0 Å². The van der Waals surface area contributed by atoms with Crippen molar-refractivity contribution in [3.8, 4) is 0 Å². The molecular formula is C21H31NO. The van der Waals surface area contributed by atoms with Crippen LogP contribution in [0.1, 0.15) is 57.4 Å². The van der Waals surface area contributed by atoms with E-state index in [9.17, 15) is 5.11 Å². The maximum atomic E-state index is 10.7. The minimum absolute atomic E-state index is 0.0805. The normalized spacial score (nSPS) is 37.3. The summed E-state index contributed by atoms with van der Waals surface area (Å²) in [6.45, 7) is 8.32. The van der Waals surface area contributed by atoms with Gasteiger partial charge in [-0.1, -0.05) is 44.2 Å². The molecule has 4 rings (SSSR count). The molecule has 2 heteroatoms. The predicted molar refractivity (Wildman–Crippen MR) is 94.4 cm³/mol. The number of aliphatic hydroxyl groups is 1. The van der Waals surface area contributed by atoms with E-state index in [1.165, 1.54) is 44.3 Å². The number of piperidine rings is 1. The smallest absolute Gasteiger partial charge is 0.0616 e. The van der Waals surface area contributed by atoms with Gasteiger partial charge < -0.3 is 10.0 Å². The van der Waals surface area contributed by atoms with Crippen molar-refractivity contribution in [3.05, 3.63) is 35.9 Å². The fourth-order valence-corrected chi connectivity index (χ4v) is 5.96. The van der Waals surface area contributed by atoms with Crippen LogP contribution in [0.5, 0.6) is 0 Å². The van der Waals surface area contributed by atoms with Crippen LogP contribution in [0.2, 0.25) is 0 Å². The average Bonchev–Trinajstić information content (AvgIpc) is 2.91. The number of aliphatic hydroxyl groups excluding tert-OH is 1. The monoisotopic (exact) mass is 313 g/mol. The summed E-state index contributed by atoms with van der Waals surface area (Å²) >= 11 is 0. The number of benzene rings is 1. The van der Waals surface area contributed by atoms with Gasteiger partial charge in [0.15, 0.2) is 0 Å². The molecule has 1 N–H and O–H groups in total. The highest BCUT2D eigenvalue weighted by atomic mass is 16.3. The Morgan fingerprint density at radius 3 is 2.35 bits per heavy atom. The molecule has 1 aromatic carbocycles. The van der Waals surface area contributed by atoms with E-state index in [0.717, 1.165) is 24.8 Å². The molecule has 126 valence electrons. The standard InChI is InChI=1S/C21H31NO/c1-20(2)18-8-11-21(20,19(23)14-18)15-22-12-9-17(10-13-22)16-6-4-3-5-7-16/h3-7,17-19,23H,8-15H2,1-2H3/t18-,19-,21-/m0/s1. The van der Waals surface area contributed by atoms with Gasteiger partial charge in [0.05, 0.1) is 6.10 Å². The second kappa shape index (κ2) is 5.60. The Balaban J connectivity index is 1.42. The summed E-state index contributed by atoms with van der Waals surface area (Å²) < 4.78 is 0. The Labute approximate surface area is 140 Å². The Morgan fingerprint density at radius 2 is 1.78 bits per heavy atom. The number of hydrogen-bond acceptors (Lipinski definition) is 2. The second-order valence-corrected chi connectivity index (χ2v) is 8.83. The first kappa shape index (κ1) is 15.7. The molecule has 1 saturated heterocycles. The minimum atomic E-state index is -0.0805. The van der Waals surface area contributed by atoms with Crippen LogP contribution in [-0.4, -0.2) is 35.7 Å². The van der Waals surface area contributed by atoms with E-state index in [0.29, 0.717) is 5.41 Å². The van der Waals surface area contributed by atoms with Crippen LogP contribution in [0.25, 0.3) is 0 Å². The van der Waals surface area contributed by atoms with Gasteiger partial charge in [0.1, 0.15) is 0 Å². The maximum absolute atomic E-state index is 10.7. The molecule has 2 aliphatic carbocycles. The molecule has 0 aromatic heterocycles. The average molecular weight is 313 g/mol. The summed E-state index contributed by atoms with van der Waals surface area (Å²) in [7, 11) is 0. The summed E-state index contributed by atoms with van der Waals surface area (Å²) in [6.07, 6.45) is 6.03. The van der Waals surface area contributed by atoms with Gasteiger partial charge in [-0.05, 0) is 68.0 Å². The Bertz CT molecular complexity index is 546. The molecule has 2 bridgehead atoms. The van der Waals surface area contributed by atoms with Crippen molar-refractivity contribution in [1.82, 2.24) is 4.90 Å².